The summed E-state index contributed by atoms with van der Waals surface area (Å²) in [6.07, 6.45) is 1.84. The van der Waals surface area contributed by atoms with Crippen molar-refractivity contribution in [1.29, 1.82) is 0 Å². The van der Waals surface area contributed by atoms with E-state index in [1.54, 1.807) is 24.1 Å². The average molecular weight is 311 g/mol. The SMILES string of the molecule is CN(C(=O)c1ccc(-c2ccccc2)[nH]c1=O)C1CCNCC1. The van der Waals surface area contributed by atoms with Crippen molar-refractivity contribution in [2.24, 2.45) is 0 Å². The first kappa shape index (κ1) is 15.5. The molecule has 120 valence electrons. The van der Waals surface area contributed by atoms with Crippen molar-refractivity contribution in [2.75, 3.05) is 20.1 Å². The third kappa shape index (κ3) is 3.35. The molecule has 0 atom stereocenters. The van der Waals surface area contributed by atoms with Crippen LogP contribution in [0.5, 0.6) is 0 Å². The number of hydrogen-bond donors (Lipinski definition) is 2. The summed E-state index contributed by atoms with van der Waals surface area (Å²) < 4.78 is 0. The summed E-state index contributed by atoms with van der Waals surface area (Å²) in [4.78, 5) is 29.4. The number of H-pyrrole nitrogens is 1. The van der Waals surface area contributed by atoms with Gasteiger partial charge >= 0.3 is 0 Å². The van der Waals surface area contributed by atoms with Crippen LogP contribution in [0.25, 0.3) is 11.3 Å². The zero-order valence-electron chi connectivity index (χ0n) is 13.2. The number of amides is 1. The van der Waals surface area contributed by atoms with Gasteiger partial charge in [0.05, 0.1) is 0 Å². The van der Waals surface area contributed by atoms with Crippen LogP contribution < -0.4 is 10.9 Å². The number of pyridine rings is 1. The first-order valence-electron chi connectivity index (χ1n) is 7.93. The average Bonchev–Trinajstić information content (AvgIpc) is 2.62. The van der Waals surface area contributed by atoms with Crippen molar-refractivity contribution >= 4 is 5.91 Å². The lowest BCUT2D eigenvalue weighted by Crippen LogP contribution is -2.45. The lowest BCUT2D eigenvalue weighted by molar-refractivity contribution is 0.0701. The van der Waals surface area contributed by atoms with E-state index in [9.17, 15) is 9.59 Å². The summed E-state index contributed by atoms with van der Waals surface area (Å²) in [6.45, 7) is 1.82. The van der Waals surface area contributed by atoms with Crippen LogP contribution in [0, 0.1) is 0 Å². The van der Waals surface area contributed by atoms with Crippen LogP contribution >= 0.6 is 0 Å². The molecule has 1 saturated heterocycles. The number of carbonyl (C=O) groups is 1. The number of nitrogens with one attached hydrogen (secondary N) is 2. The highest BCUT2D eigenvalue weighted by Gasteiger charge is 2.24. The summed E-state index contributed by atoms with van der Waals surface area (Å²) in [6, 6.07) is 13.2. The molecule has 0 bridgehead atoms. The van der Waals surface area contributed by atoms with Crippen molar-refractivity contribution in [3.05, 3.63) is 58.4 Å². The molecule has 0 unspecified atom stereocenters. The van der Waals surface area contributed by atoms with Crippen LogP contribution in [-0.2, 0) is 0 Å². The third-order valence-corrected chi connectivity index (χ3v) is 4.40. The maximum atomic E-state index is 12.6. The monoisotopic (exact) mass is 311 g/mol. The zero-order valence-corrected chi connectivity index (χ0v) is 13.2. The van der Waals surface area contributed by atoms with Crippen LogP contribution in [0.15, 0.2) is 47.3 Å². The van der Waals surface area contributed by atoms with Crippen molar-refractivity contribution in [3.8, 4) is 11.3 Å². The molecule has 0 spiro atoms. The second-order valence-corrected chi connectivity index (χ2v) is 5.88. The summed E-state index contributed by atoms with van der Waals surface area (Å²) in [5.41, 5.74) is 1.51. The Bertz CT molecular complexity index is 733. The Labute approximate surface area is 135 Å². The molecular weight excluding hydrogens is 290 g/mol. The number of carbonyl (C=O) groups excluding carboxylic acids is 1. The summed E-state index contributed by atoms with van der Waals surface area (Å²) in [7, 11) is 1.78. The summed E-state index contributed by atoms with van der Waals surface area (Å²) in [5.74, 6) is -0.210. The molecule has 1 amide bonds. The van der Waals surface area contributed by atoms with Crippen molar-refractivity contribution in [2.45, 2.75) is 18.9 Å². The molecule has 5 nitrogen and oxygen atoms in total. The molecular formula is C18H21N3O2. The molecule has 1 aromatic carbocycles. The molecule has 23 heavy (non-hydrogen) atoms. The second-order valence-electron chi connectivity index (χ2n) is 5.88. The van der Waals surface area contributed by atoms with E-state index in [1.807, 2.05) is 30.3 Å². The molecule has 1 aromatic heterocycles. The van der Waals surface area contributed by atoms with Gasteiger partial charge in [-0.15, -0.1) is 0 Å². The van der Waals surface area contributed by atoms with Gasteiger partial charge in [0.1, 0.15) is 5.56 Å². The molecule has 0 radical (unpaired) electrons. The maximum Gasteiger partial charge on any atom is 0.261 e. The lowest BCUT2D eigenvalue weighted by atomic mass is 10.0. The predicted molar refractivity (Wildman–Crippen MR) is 90.5 cm³/mol. The number of aromatic amines is 1. The van der Waals surface area contributed by atoms with E-state index < -0.39 is 0 Å². The van der Waals surface area contributed by atoms with E-state index in [0.29, 0.717) is 0 Å². The van der Waals surface area contributed by atoms with E-state index in [-0.39, 0.29) is 23.1 Å². The zero-order chi connectivity index (χ0) is 16.2. The molecule has 1 aliphatic heterocycles. The van der Waals surface area contributed by atoms with Crippen molar-refractivity contribution in [3.63, 3.8) is 0 Å². The summed E-state index contributed by atoms with van der Waals surface area (Å²) >= 11 is 0. The fourth-order valence-corrected chi connectivity index (χ4v) is 2.98. The number of benzene rings is 1. The Morgan fingerprint density at radius 1 is 1.09 bits per heavy atom. The van der Waals surface area contributed by atoms with Crippen LogP contribution in [0.3, 0.4) is 0 Å². The molecule has 2 heterocycles. The van der Waals surface area contributed by atoms with Gasteiger partial charge in [-0.1, -0.05) is 30.3 Å². The van der Waals surface area contributed by atoms with Crippen molar-refractivity contribution in [1.82, 2.24) is 15.2 Å². The van der Waals surface area contributed by atoms with Crippen LogP contribution in [0.1, 0.15) is 23.2 Å². The minimum Gasteiger partial charge on any atom is -0.338 e. The number of rotatable bonds is 3. The number of hydrogen-bond acceptors (Lipinski definition) is 3. The van der Waals surface area contributed by atoms with Gasteiger partial charge in [-0.3, -0.25) is 9.59 Å². The number of piperidine rings is 1. The van der Waals surface area contributed by atoms with Gasteiger partial charge in [0, 0.05) is 18.8 Å². The quantitative estimate of drug-likeness (QED) is 0.909. The largest absolute Gasteiger partial charge is 0.338 e. The third-order valence-electron chi connectivity index (χ3n) is 4.40. The number of nitrogens with zero attached hydrogens (tertiary/aromatic N) is 1. The summed E-state index contributed by atoms with van der Waals surface area (Å²) in [5, 5.41) is 3.28. The normalized spacial score (nSPS) is 15.3. The first-order valence-corrected chi connectivity index (χ1v) is 7.93. The molecule has 0 aliphatic carbocycles. The van der Waals surface area contributed by atoms with E-state index in [1.165, 1.54) is 0 Å². The van der Waals surface area contributed by atoms with Gasteiger partial charge in [-0.25, -0.2) is 0 Å². The smallest absolute Gasteiger partial charge is 0.261 e. The standard InChI is InChI=1S/C18H21N3O2/c1-21(14-9-11-19-12-10-14)18(23)15-7-8-16(20-17(15)22)13-5-3-2-4-6-13/h2-8,14,19H,9-12H2,1H3,(H,20,22). The Hall–Kier alpha value is -2.40. The fourth-order valence-electron chi connectivity index (χ4n) is 2.98. The molecule has 0 saturated carbocycles. The highest BCUT2D eigenvalue weighted by molar-refractivity contribution is 5.94. The molecule has 2 aromatic rings. The molecule has 1 aliphatic rings. The van der Waals surface area contributed by atoms with E-state index in [2.05, 4.69) is 10.3 Å². The fraction of sp³-hybridized carbons (Fsp3) is 0.333. The Kier molecular flexibility index (Phi) is 4.57. The van der Waals surface area contributed by atoms with E-state index in [0.717, 1.165) is 37.2 Å². The van der Waals surface area contributed by atoms with Gasteiger partial charge in [-0.2, -0.15) is 0 Å². The Morgan fingerprint density at radius 2 is 1.78 bits per heavy atom. The molecule has 3 rings (SSSR count). The second kappa shape index (κ2) is 6.79. The first-order chi connectivity index (χ1) is 11.2. The topological polar surface area (TPSA) is 65.2 Å². The molecule has 2 N–H and O–H groups in total. The highest BCUT2D eigenvalue weighted by Crippen LogP contribution is 2.16. The van der Waals surface area contributed by atoms with Crippen molar-refractivity contribution < 1.29 is 4.79 Å². The van der Waals surface area contributed by atoms with Gasteiger partial charge in [-0.05, 0) is 43.6 Å². The van der Waals surface area contributed by atoms with Crippen LogP contribution in [0.2, 0.25) is 0 Å². The maximum absolute atomic E-state index is 12.6. The van der Waals surface area contributed by atoms with Gasteiger partial charge in [0.25, 0.3) is 11.5 Å². The van der Waals surface area contributed by atoms with Gasteiger partial charge < -0.3 is 15.2 Å². The van der Waals surface area contributed by atoms with Crippen LogP contribution in [-0.4, -0.2) is 42.0 Å². The predicted octanol–water partition coefficient (Wildman–Crippen LogP) is 1.87. The lowest BCUT2D eigenvalue weighted by Gasteiger charge is -2.31. The van der Waals surface area contributed by atoms with E-state index >= 15 is 0 Å². The molecule has 1 fully saturated rings. The van der Waals surface area contributed by atoms with Crippen LogP contribution in [0.4, 0.5) is 0 Å². The Balaban J connectivity index is 1.83. The molecule has 5 heteroatoms. The van der Waals surface area contributed by atoms with Gasteiger partial charge in [0.2, 0.25) is 0 Å². The van der Waals surface area contributed by atoms with E-state index in [4.69, 9.17) is 0 Å². The van der Waals surface area contributed by atoms with Gasteiger partial charge in [0.15, 0.2) is 0 Å². The highest BCUT2D eigenvalue weighted by atomic mass is 16.2. The Morgan fingerprint density at radius 3 is 2.43 bits per heavy atom. The number of aromatic nitrogens is 1. The minimum absolute atomic E-state index is 0.192. The minimum atomic E-state index is -0.336.